The van der Waals surface area contributed by atoms with Crippen molar-refractivity contribution in [3.05, 3.63) is 76.0 Å². The van der Waals surface area contributed by atoms with Gasteiger partial charge in [-0.2, -0.15) is 0 Å². The Bertz CT molecular complexity index is 1120. The second-order valence-corrected chi connectivity index (χ2v) is 9.33. The molecule has 2 aliphatic carbocycles. The average molecular weight is 473 g/mol. The molecule has 1 heterocycles. The molecule has 1 saturated heterocycles. The number of likely N-dealkylation sites (tertiary alicyclic amines) is 1. The van der Waals surface area contributed by atoms with Gasteiger partial charge >= 0.3 is 0 Å². The summed E-state index contributed by atoms with van der Waals surface area (Å²) in [6.07, 6.45) is 4.67. The minimum atomic E-state index is -0.841. The van der Waals surface area contributed by atoms with E-state index >= 15 is 0 Å². The van der Waals surface area contributed by atoms with Crippen LogP contribution in [0.25, 0.3) is 0 Å². The number of nitrogens with one attached hydrogen (secondary N) is 1. The molecule has 1 saturated carbocycles. The summed E-state index contributed by atoms with van der Waals surface area (Å²) < 4.78 is 13.5. The Morgan fingerprint density at radius 3 is 2.25 bits per heavy atom. The summed E-state index contributed by atoms with van der Waals surface area (Å²) in [6, 6.07) is 9.36. The summed E-state index contributed by atoms with van der Waals surface area (Å²) >= 11 is 12.1. The molecule has 3 aliphatic rings. The molecule has 0 aromatic heterocycles. The molecular weight excluding hydrogens is 454 g/mol. The van der Waals surface area contributed by atoms with Crippen molar-refractivity contribution in [2.45, 2.75) is 18.9 Å². The summed E-state index contributed by atoms with van der Waals surface area (Å²) in [4.78, 5) is 40.8. The monoisotopic (exact) mass is 472 g/mol. The highest BCUT2D eigenvalue weighted by Gasteiger charge is 2.60. The Hall–Kier alpha value is -2.70. The molecule has 5 nitrogen and oxygen atoms in total. The van der Waals surface area contributed by atoms with Crippen molar-refractivity contribution >= 4 is 46.6 Å². The Morgan fingerprint density at radius 2 is 1.66 bits per heavy atom. The molecule has 5 unspecified atom stereocenters. The summed E-state index contributed by atoms with van der Waals surface area (Å²) in [5.41, 5.74) is 0.892. The first kappa shape index (κ1) is 21.2. The van der Waals surface area contributed by atoms with Crippen LogP contribution in [-0.2, 0) is 14.4 Å². The zero-order chi connectivity index (χ0) is 22.6. The topological polar surface area (TPSA) is 66.5 Å². The molecule has 0 radical (unpaired) electrons. The van der Waals surface area contributed by atoms with Gasteiger partial charge in [0.05, 0.1) is 35.0 Å². The molecule has 1 aliphatic heterocycles. The second-order valence-electron chi connectivity index (χ2n) is 8.49. The zero-order valence-corrected chi connectivity index (χ0v) is 18.3. The lowest BCUT2D eigenvalue weighted by molar-refractivity contribution is -0.144. The highest BCUT2D eigenvalue weighted by Crippen LogP contribution is 2.54. The number of allylic oxidation sites excluding steroid dienone is 2. The molecule has 0 spiro atoms. The largest absolute Gasteiger partial charge is 0.325 e. The third kappa shape index (κ3) is 3.51. The van der Waals surface area contributed by atoms with Gasteiger partial charge in [-0.15, -0.1) is 0 Å². The standard InChI is InChI=1S/C24H19Cl2FN2O3/c25-15-5-8-18(17(26)10-15)28-20(30)11-19(12-3-6-16(27)7-4-12)29-23(31)21-13-1-2-14(9-13)22(21)24(29)32/h1-8,10,13-14,19,21-22H,9,11H2,(H,28,30). The summed E-state index contributed by atoms with van der Waals surface area (Å²) in [6.45, 7) is 0. The first-order valence-corrected chi connectivity index (χ1v) is 11.1. The zero-order valence-electron chi connectivity index (χ0n) is 16.8. The van der Waals surface area contributed by atoms with Crippen molar-refractivity contribution in [1.82, 2.24) is 4.90 Å². The van der Waals surface area contributed by atoms with Crippen LogP contribution in [0, 0.1) is 29.5 Å². The number of hydrogen-bond acceptors (Lipinski definition) is 3. The molecule has 1 N–H and O–H groups in total. The van der Waals surface area contributed by atoms with Crippen LogP contribution in [0.2, 0.25) is 10.0 Å². The molecule has 8 heteroatoms. The van der Waals surface area contributed by atoms with E-state index in [9.17, 15) is 18.8 Å². The number of amides is 3. The number of nitrogens with zero attached hydrogens (tertiary/aromatic N) is 1. The third-order valence-electron chi connectivity index (χ3n) is 6.65. The summed E-state index contributed by atoms with van der Waals surface area (Å²) in [5, 5.41) is 3.42. The Kier molecular flexibility index (Phi) is 5.30. The number of carbonyl (C=O) groups excluding carboxylic acids is 3. The van der Waals surface area contributed by atoms with E-state index in [-0.39, 0.29) is 46.9 Å². The minimum absolute atomic E-state index is 0.0574. The Morgan fingerprint density at radius 1 is 1.03 bits per heavy atom. The van der Waals surface area contributed by atoms with Crippen LogP contribution in [-0.4, -0.2) is 22.6 Å². The summed E-state index contributed by atoms with van der Waals surface area (Å²) in [5.74, 6) is -2.04. The van der Waals surface area contributed by atoms with Crippen LogP contribution in [0.4, 0.5) is 10.1 Å². The Labute approximate surface area is 194 Å². The fraction of sp³-hybridized carbons (Fsp3) is 0.292. The van der Waals surface area contributed by atoms with E-state index in [1.807, 2.05) is 12.2 Å². The van der Waals surface area contributed by atoms with Crippen LogP contribution >= 0.6 is 23.2 Å². The van der Waals surface area contributed by atoms with E-state index in [0.29, 0.717) is 16.3 Å². The van der Waals surface area contributed by atoms with Crippen molar-refractivity contribution in [2.24, 2.45) is 23.7 Å². The van der Waals surface area contributed by atoms with Crippen molar-refractivity contribution < 1.29 is 18.8 Å². The van der Waals surface area contributed by atoms with Gasteiger partial charge in [-0.25, -0.2) is 4.39 Å². The minimum Gasteiger partial charge on any atom is -0.325 e. The smallest absolute Gasteiger partial charge is 0.234 e. The van der Waals surface area contributed by atoms with Crippen molar-refractivity contribution in [3.63, 3.8) is 0 Å². The van der Waals surface area contributed by atoms with Crippen LogP contribution in [0.5, 0.6) is 0 Å². The van der Waals surface area contributed by atoms with Gasteiger partial charge in [-0.1, -0.05) is 47.5 Å². The fourth-order valence-electron chi connectivity index (χ4n) is 5.24. The van der Waals surface area contributed by atoms with E-state index in [4.69, 9.17) is 23.2 Å². The van der Waals surface area contributed by atoms with Gasteiger partial charge in [0.2, 0.25) is 17.7 Å². The van der Waals surface area contributed by atoms with Crippen molar-refractivity contribution in [1.29, 1.82) is 0 Å². The van der Waals surface area contributed by atoms with Gasteiger partial charge < -0.3 is 5.32 Å². The second kappa shape index (κ2) is 8.01. The van der Waals surface area contributed by atoms with Gasteiger partial charge in [-0.05, 0) is 54.2 Å². The third-order valence-corrected chi connectivity index (χ3v) is 7.20. The van der Waals surface area contributed by atoms with E-state index < -0.39 is 17.8 Å². The molecule has 3 amide bonds. The first-order chi connectivity index (χ1) is 15.3. The highest BCUT2D eigenvalue weighted by atomic mass is 35.5. The molecule has 5 rings (SSSR count). The lowest BCUT2D eigenvalue weighted by Crippen LogP contribution is -2.38. The summed E-state index contributed by atoms with van der Waals surface area (Å²) in [7, 11) is 0. The molecular formula is C24H19Cl2FN2O3. The molecule has 2 aromatic rings. The van der Waals surface area contributed by atoms with Crippen LogP contribution < -0.4 is 5.32 Å². The van der Waals surface area contributed by atoms with E-state index in [1.54, 1.807) is 12.1 Å². The molecule has 2 bridgehead atoms. The van der Waals surface area contributed by atoms with Gasteiger partial charge in [-0.3, -0.25) is 19.3 Å². The average Bonchev–Trinajstić information content (AvgIpc) is 3.43. The molecule has 5 atom stereocenters. The van der Waals surface area contributed by atoms with E-state index in [1.165, 1.54) is 35.2 Å². The SMILES string of the molecule is O=C(CC(c1ccc(F)cc1)N1C(=O)C2C3C=CC(C3)C2C1=O)Nc1ccc(Cl)cc1Cl. The number of anilines is 1. The number of carbonyl (C=O) groups is 3. The molecule has 2 fully saturated rings. The quantitative estimate of drug-likeness (QED) is 0.491. The number of imide groups is 1. The van der Waals surface area contributed by atoms with Crippen LogP contribution in [0.15, 0.2) is 54.6 Å². The molecule has 2 aromatic carbocycles. The molecule has 164 valence electrons. The number of benzene rings is 2. The van der Waals surface area contributed by atoms with E-state index in [0.717, 1.165) is 6.42 Å². The van der Waals surface area contributed by atoms with Gasteiger partial charge in [0.1, 0.15) is 5.82 Å². The van der Waals surface area contributed by atoms with Gasteiger partial charge in [0.15, 0.2) is 0 Å². The number of halogens is 3. The lowest BCUT2D eigenvalue weighted by Gasteiger charge is -2.28. The molecule has 32 heavy (non-hydrogen) atoms. The number of hydrogen-bond donors (Lipinski definition) is 1. The lowest BCUT2D eigenvalue weighted by atomic mass is 9.85. The van der Waals surface area contributed by atoms with Gasteiger partial charge in [0.25, 0.3) is 0 Å². The maximum absolute atomic E-state index is 13.5. The first-order valence-electron chi connectivity index (χ1n) is 10.4. The van der Waals surface area contributed by atoms with Crippen molar-refractivity contribution in [3.8, 4) is 0 Å². The number of rotatable bonds is 5. The Balaban J connectivity index is 1.44. The van der Waals surface area contributed by atoms with Crippen LogP contribution in [0.1, 0.15) is 24.4 Å². The fourth-order valence-corrected chi connectivity index (χ4v) is 5.70. The number of fused-ring (bicyclic) bond motifs is 5. The van der Waals surface area contributed by atoms with Crippen LogP contribution in [0.3, 0.4) is 0 Å². The predicted octanol–water partition coefficient (Wildman–Crippen LogP) is 5.01. The highest BCUT2D eigenvalue weighted by molar-refractivity contribution is 6.36. The van der Waals surface area contributed by atoms with E-state index in [2.05, 4.69) is 5.32 Å². The van der Waals surface area contributed by atoms with Crippen molar-refractivity contribution in [2.75, 3.05) is 5.32 Å². The maximum Gasteiger partial charge on any atom is 0.234 e. The normalized spacial score (nSPS) is 26.5. The maximum atomic E-state index is 13.5. The van der Waals surface area contributed by atoms with Gasteiger partial charge in [0, 0.05) is 5.02 Å². The predicted molar refractivity (Wildman–Crippen MR) is 118 cm³/mol.